The minimum Gasteiger partial charge on any atom is -0.381 e. The molecule has 1 N–H and O–H groups in total. The summed E-state index contributed by atoms with van der Waals surface area (Å²) in [7, 11) is 0. The van der Waals surface area contributed by atoms with Gasteiger partial charge in [0.05, 0.1) is 5.57 Å². The monoisotopic (exact) mass is 424 g/mol. The largest absolute Gasteiger partial charge is 0.381 e. The van der Waals surface area contributed by atoms with Crippen LogP contribution in [0.15, 0.2) is 48.2 Å². The predicted molar refractivity (Wildman–Crippen MR) is 120 cm³/mol. The van der Waals surface area contributed by atoms with Crippen LogP contribution < -0.4 is 5.32 Å². The molecule has 2 aromatic carbocycles. The predicted octanol–water partition coefficient (Wildman–Crippen LogP) is 4.84. The molecule has 1 heterocycles. The van der Waals surface area contributed by atoms with E-state index in [1.54, 1.807) is 12.1 Å². The van der Waals surface area contributed by atoms with Crippen LogP contribution in [0.3, 0.4) is 0 Å². The minimum atomic E-state index is -0.420. The summed E-state index contributed by atoms with van der Waals surface area (Å²) in [5.41, 5.74) is 3.69. The molecular weight excluding hydrogens is 395 g/mol. The number of rotatable bonds is 10. The summed E-state index contributed by atoms with van der Waals surface area (Å²) >= 11 is 0. The lowest BCUT2D eigenvalue weighted by atomic mass is 9.99. The lowest BCUT2D eigenvalue weighted by molar-refractivity contribution is -0.137. The van der Waals surface area contributed by atoms with E-state index in [0.717, 1.165) is 24.0 Å². The van der Waals surface area contributed by atoms with Gasteiger partial charge in [0.1, 0.15) is 11.5 Å². The van der Waals surface area contributed by atoms with Crippen LogP contribution in [0.1, 0.15) is 42.9 Å². The van der Waals surface area contributed by atoms with Crippen LogP contribution in [0.4, 0.5) is 10.1 Å². The Kier molecular flexibility index (Phi) is 7.58. The summed E-state index contributed by atoms with van der Waals surface area (Å²) in [4.78, 5) is 27.6. The molecule has 0 spiro atoms. The number of carbonyl (C=O) groups excluding carboxylic acids is 2. The summed E-state index contributed by atoms with van der Waals surface area (Å²) in [6.07, 6.45) is 2.61. The number of imide groups is 1. The van der Waals surface area contributed by atoms with E-state index in [1.807, 2.05) is 32.0 Å². The number of hydrogen-bond acceptors (Lipinski definition) is 4. The number of ether oxygens (including phenoxy) is 1. The van der Waals surface area contributed by atoms with Crippen molar-refractivity contribution in [2.75, 3.05) is 25.1 Å². The Morgan fingerprint density at radius 1 is 0.968 bits per heavy atom. The smallest absolute Gasteiger partial charge is 0.278 e. The third-order valence-electron chi connectivity index (χ3n) is 5.37. The molecule has 3 rings (SSSR count). The topological polar surface area (TPSA) is 58.6 Å². The van der Waals surface area contributed by atoms with Gasteiger partial charge in [0.2, 0.25) is 0 Å². The molecule has 164 valence electrons. The standard InChI is InChI=1S/C25H29FN2O3/c1-4-5-13-31-14-7-12-28-24(29)22(19-11-10-17(2)18(3)15-19)23(25(28)30)27-21-9-6-8-20(26)16-21/h6,8-11,15-16,27H,4-5,7,12-14H2,1-3H3. The molecule has 0 aromatic heterocycles. The maximum Gasteiger partial charge on any atom is 0.278 e. The number of nitrogens with one attached hydrogen (secondary N) is 1. The number of amides is 2. The normalized spacial score (nSPS) is 14.0. The molecule has 0 unspecified atom stereocenters. The fourth-order valence-corrected chi connectivity index (χ4v) is 3.44. The Bertz CT molecular complexity index is 1000. The van der Waals surface area contributed by atoms with Crippen LogP contribution in [0, 0.1) is 19.7 Å². The van der Waals surface area contributed by atoms with Crippen LogP contribution in [-0.2, 0) is 14.3 Å². The molecule has 0 atom stereocenters. The molecule has 1 aliphatic heterocycles. The Balaban J connectivity index is 1.86. The van der Waals surface area contributed by atoms with E-state index in [4.69, 9.17) is 4.74 Å². The summed E-state index contributed by atoms with van der Waals surface area (Å²) in [6.45, 7) is 7.49. The number of aryl methyl sites for hydroxylation is 2. The molecule has 0 radical (unpaired) electrons. The van der Waals surface area contributed by atoms with Gasteiger partial charge in [-0.25, -0.2) is 4.39 Å². The van der Waals surface area contributed by atoms with Gasteiger partial charge in [0, 0.05) is 25.4 Å². The van der Waals surface area contributed by atoms with Crippen LogP contribution in [-0.4, -0.2) is 36.5 Å². The molecule has 2 aromatic rings. The molecule has 6 heteroatoms. The van der Waals surface area contributed by atoms with Gasteiger partial charge in [-0.15, -0.1) is 0 Å². The van der Waals surface area contributed by atoms with Gasteiger partial charge >= 0.3 is 0 Å². The fourth-order valence-electron chi connectivity index (χ4n) is 3.44. The number of halogens is 1. The first-order valence-corrected chi connectivity index (χ1v) is 10.7. The van der Waals surface area contributed by atoms with E-state index in [2.05, 4.69) is 12.2 Å². The Morgan fingerprint density at radius 3 is 2.45 bits per heavy atom. The molecule has 5 nitrogen and oxygen atoms in total. The Morgan fingerprint density at radius 2 is 1.74 bits per heavy atom. The average Bonchev–Trinajstić information content (AvgIpc) is 2.96. The van der Waals surface area contributed by atoms with Gasteiger partial charge < -0.3 is 10.1 Å². The van der Waals surface area contributed by atoms with E-state index in [1.165, 1.54) is 17.0 Å². The summed E-state index contributed by atoms with van der Waals surface area (Å²) < 4.78 is 19.2. The second-order valence-corrected chi connectivity index (χ2v) is 7.77. The summed E-state index contributed by atoms with van der Waals surface area (Å²) in [5, 5.41) is 2.99. The van der Waals surface area contributed by atoms with Gasteiger partial charge in [0.15, 0.2) is 0 Å². The van der Waals surface area contributed by atoms with E-state index in [-0.39, 0.29) is 18.1 Å². The molecule has 0 aliphatic carbocycles. The Labute approximate surface area is 182 Å². The fraction of sp³-hybridized carbons (Fsp3) is 0.360. The highest BCUT2D eigenvalue weighted by atomic mass is 19.1. The maximum atomic E-state index is 13.7. The second kappa shape index (κ2) is 10.4. The van der Waals surface area contributed by atoms with Crippen LogP contribution >= 0.6 is 0 Å². The first-order valence-electron chi connectivity index (χ1n) is 10.7. The molecule has 2 amide bonds. The highest BCUT2D eigenvalue weighted by molar-refractivity contribution is 6.36. The molecule has 0 bridgehead atoms. The summed E-state index contributed by atoms with van der Waals surface area (Å²) in [5.74, 6) is -1.17. The number of anilines is 1. The number of unbranched alkanes of at least 4 members (excludes halogenated alkanes) is 1. The van der Waals surface area contributed by atoms with Crippen LogP contribution in [0.25, 0.3) is 5.57 Å². The highest BCUT2D eigenvalue weighted by Crippen LogP contribution is 2.31. The second-order valence-electron chi connectivity index (χ2n) is 7.77. The zero-order valence-corrected chi connectivity index (χ0v) is 18.3. The number of hydrogen-bond donors (Lipinski definition) is 1. The van der Waals surface area contributed by atoms with Gasteiger partial charge in [-0.3, -0.25) is 14.5 Å². The van der Waals surface area contributed by atoms with Crippen molar-refractivity contribution in [3.63, 3.8) is 0 Å². The van der Waals surface area contributed by atoms with Crippen molar-refractivity contribution in [3.05, 3.63) is 70.7 Å². The zero-order chi connectivity index (χ0) is 22.4. The molecular formula is C25H29FN2O3. The van der Waals surface area contributed by atoms with E-state index < -0.39 is 11.7 Å². The van der Waals surface area contributed by atoms with Crippen molar-refractivity contribution in [3.8, 4) is 0 Å². The van der Waals surface area contributed by atoms with E-state index in [0.29, 0.717) is 36.5 Å². The molecule has 0 saturated carbocycles. The summed E-state index contributed by atoms with van der Waals surface area (Å²) in [6, 6.07) is 11.5. The zero-order valence-electron chi connectivity index (χ0n) is 18.3. The third-order valence-corrected chi connectivity index (χ3v) is 5.37. The van der Waals surface area contributed by atoms with Crippen molar-refractivity contribution in [2.24, 2.45) is 0 Å². The number of carbonyl (C=O) groups is 2. The van der Waals surface area contributed by atoms with Crippen molar-refractivity contribution in [1.82, 2.24) is 4.90 Å². The average molecular weight is 425 g/mol. The quantitative estimate of drug-likeness (QED) is 0.438. The lowest BCUT2D eigenvalue weighted by Gasteiger charge is -2.15. The van der Waals surface area contributed by atoms with Crippen LogP contribution in [0.2, 0.25) is 0 Å². The maximum absolute atomic E-state index is 13.7. The molecule has 31 heavy (non-hydrogen) atoms. The molecule has 0 fully saturated rings. The van der Waals surface area contributed by atoms with Gasteiger partial charge in [0.25, 0.3) is 11.8 Å². The van der Waals surface area contributed by atoms with Crippen molar-refractivity contribution in [2.45, 2.75) is 40.0 Å². The molecule has 1 aliphatic rings. The van der Waals surface area contributed by atoms with Gasteiger partial charge in [-0.1, -0.05) is 37.6 Å². The number of benzene rings is 2. The van der Waals surface area contributed by atoms with Gasteiger partial charge in [-0.2, -0.15) is 0 Å². The SMILES string of the molecule is CCCCOCCCN1C(=O)C(Nc2cccc(F)c2)=C(c2ccc(C)c(C)c2)C1=O. The number of nitrogens with zero attached hydrogens (tertiary/aromatic N) is 1. The minimum absolute atomic E-state index is 0.172. The lowest BCUT2D eigenvalue weighted by Crippen LogP contribution is -2.34. The first kappa shape index (κ1) is 22.7. The van der Waals surface area contributed by atoms with Crippen LogP contribution in [0.5, 0.6) is 0 Å². The van der Waals surface area contributed by atoms with Crippen molar-refractivity contribution < 1.29 is 18.7 Å². The van der Waals surface area contributed by atoms with Crippen molar-refractivity contribution >= 4 is 23.1 Å². The first-order chi connectivity index (χ1) is 14.9. The molecule has 0 saturated heterocycles. The highest BCUT2D eigenvalue weighted by Gasteiger charge is 2.39. The van der Waals surface area contributed by atoms with Crippen molar-refractivity contribution in [1.29, 1.82) is 0 Å². The Hall–Kier alpha value is -2.99. The van der Waals surface area contributed by atoms with E-state index >= 15 is 0 Å². The van der Waals surface area contributed by atoms with E-state index in [9.17, 15) is 14.0 Å². The third kappa shape index (κ3) is 5.39. The van der Waals surface area contributed by atoms with Gasteiger partial charge in [-0.05, 0) is 61.6 Å².